The fourth-order valence-corrected chi connectivity index (χ4v) is 2.51. The van der Waals surface area contributed by atoms with Gasteiger partial charge in [0.05, 0.1) is 23.0 Å². The maximum atomic E-state index is 12.3. The van der Waals surface area contributed by atoms with Gasteiger partial charge in [0.15, 0.2) is 0 Å². The van der Waals surface area contributed by atoms with Crippen LogP contribution in [-0.2, 0) is 0 Å². The minimum Gasteiger partial charge on any atom is -0.483 e. The normalized spacial score (nSPS) is 15.2. The van der Waals surface area contributed by atoms with Crippen molar-refractivity contribution < 1.29 is 4.74 Å². The lowest BCUT2D eigenvalue weighted by atomic mass is 9.97. The van der Waals surface area contributed by atoms with Crippen LogP contribution in [-0.4, -0.2) is 10.2 Å². The van der Waals surface area contributed by atoms with Crippen molar-refractivity contribution in [2.45, 2.75) is 19.4 Å². The van der Waals surface area contributed by atoms with Gasteiger partial charge in [0.1, 0.15) is 11.4 Å². The van der Waals surface area contributed by atoms with Crippen molar-refractivity contribution in [3.8, 4) is 11.8 Å². The maximum absolute atomic E-state index is 12.3. The minimum atomic E-state index is -0.569. The van der Waals surface area contributed by atoms with E-state index in [9.17, 15) is 4.79 Å². The van der Waals surface area contributed by atoms with E-state index in [-0.39, 0.29) is 11.2 Å². The largest absolute Gasteiger partial charge is 0.483 e. The lowest BCUT2D eigenvalue weighted by Crippen LogP contribution is -2.32. The SMILES string of the molecule is CC1(C)C=C(n2cccc(N)c2=O)c2cc(C#N)ccc2O1. The van der Waals surface area contributed by atoms with Gasteiger partial charge >= 0.3 is 0 Å². The van der Waals surface area contributed by atoms with Gasteiger partial charge in [-0.25, -0.2) is 0 Å². The molecule has 5 nitrogen and oxygen atoms in total. The first-order chi connectivity index (χ1) is 10.4. The molecule has 3 rings (SSSR count). The van der Waals surface area contributed by atoms with Crippen LogP contribution in [0.3, 0.4) is 0 Å². The number of fused-ring (bicyclic) bond motifs is 1. The van der Waals surface area contributed by atoms with Crippen molar-refractivity contribution in [2.24, 2.45) is 0 Å². The minimum absolute atomic E-state index is 0.172. The number of aromatic nitrogens is 1. The van der Waals surface area contributed by atoms with Gasteiger partial charge in [0, 0.05) is 11.8 Å². The van der Waals surface area contributed by atoms with Gasteiger partial charge in [-0.1, -0.05) is 0 Å². The number of nitrogens with zero attached hydrogens (tertiary/aromatic N) is 2. The average Bonchev–Trinajstić information content (AvgIpc) is 2.48. The maximum Gasteiger partial charge on any atom is 0.278 e. The average molecular weight is 293 g/mol. The van der Waals surface area contributed by atoms with Crippen LogP contribution >= 0.6 is 0 Å². The molecule has 0 spiro atoms. The van der Waals surface area contributed by atoms with Gasteiger partial charge in [-0.05, 0) is 50.3 Å². The Hall–Kier alpha value is -3.00. The van der Waals surface area contributed by atoms with Crippen molar-refractivity contribution in [2.75, 3.05) is 5.73 Å². The summed E-state index contributed by atoms with van der Waals surface area (Å²) in [5, 5.41) is 9.10. The summed E-state index contributed by atoms with van der Waals surface area (Å²) in [6.07, 6.45) is 3.52. The summed E-state index contributed by atoms with van der Waals surface area (Å²) in [6.45, 7) is 3.82. The van der Waals surface area contributed by atoms with Gasteiger partial charge in [-0.2, -0.15) is 5.26 Å². The predicted octanol–water partition coefficient (Wildman–Crippen LogP) is 2.36. The molecule has 1 aromatic heterocycles. The summed E-state index contributed by atoms with van der Waals surface area (Å²) in [6, 6.07) is 10.5. The third kappa shape index (κ3) is 2.25. The molecule has 0 bridgehead atoms. The molecule has 0 saturated carbocycles. The standard InChI is InChI=1S/C17H15N3O2/c1-17(2)9-14(20-7-3-4-13(19)16(20)21)12-8-11(10-18)5-6-15(12)22-17/h3-9H,19H2,1-2H3. The van der Waals surface area contributed by atoms with Crippen LogP contribution in [0, 0.1) is 11.3 Å². The summed E-state index contributed by atoms with van der Waals surface area (Å²) < 4.78 is 7.39. The van der Waals surface area contributed by atoms with E-state index in [1.54, 1.807) is 36.5 Å². The Morgan fingerprint density at radius 3 is 2.82 bits per heavy atom. The smallest absolute Gasteiger partial charge is 0.278 e. The van der Waals surface area contributed by atoms with Gasteiger partial charge in [0.2, 0.25) is 0 Å². The molecule has 1 aliphatic heterocycles. The molecule has 5 heteroatoms. The van der Waals surface area contributed by atoms with Crippen LogP contribution in [0.1, 0.15) is 25.0 Å². The number of nitrogens with two attached hydrogens (primary N) is 1. The van der Waals surface area contributed by atoms with E-state index < -0.39 is 5.60 Å². The van der Waals surface area contributed by atoms with E-state index in [0.29, 0.717) is 22.6 Å². The third-order valence-electron chi connectivity index (χ3n) is 3.48. The first kappa shape index (κ1) is 14.0. The number of nitriles is 1. The second-order valence-electron chi connectivity index (χ2n) is 5.70. The van der Waals surface area contributed by atoms with E-state index in [4.69, 9.17) is 15.7 Å². The third-order valence-corrected chi connectivity index (χ3v) is 3.48. The zero-order chi connectivity index (χ0) is 15.9. The Bertz CT molecular complexity index is 886. The van der Waals surface area contributed by atoms with Crippen LogP contribution in [0.4, 0.5) is 5.69 Å². The number of benzene rings is 1. The molecule has 0 atom stereocenters. The van der Waals surface area contributed by atoms with E-state index >= 15 is 0 Å². The molecule has 2 heterocycles. The number of hydrogen-bond acceptors (Lipinski definition) is 4. The molecule has 1 aliphatic rings. The lowest BCUT2D eigenvalue weighted by molar-refractivity contribution is 0.157. The molecule has 0 aliphatic carbocycles. The first-order valence-electron chi connectivity index (χ1n) is 6.85. The molecule has 2 N–H and O–H groups in total. The fraction of sp³-hybridized carbons (Fsp3) is 0.176. The summed E-state index contributed by atoms with van der Waals surface area (Å²) in [5.74, 6) is 0.635. The quantitative estimate of drug-likeness (QED) is 0.875. The van der Waals surface area contributed by atoms with Crippen LogP contribution in [0.15, 0.2) is 47.4 Å². The van der Waals surface area contributed by atoms with Crippen LogP contribution < -0.4 is 16.0 Å². The summed E-state index contributed by atoms with van der Waals surface area (Å²) in [5.41, 5.74) is 6.91. The molecular formula is C17H15N3O2. The molecule has 0 radical (unpaired) electrons. The highest BCUT2D eigenvalue weighted by atomic mass is 16.5. The molecule has 2 aromatic rings. The van der Waals surface area contributed by atoms with Gasteiger partial charge in [0.25, 0.3) is 5.56 Å². The monoisotopic (exact) mass is 293 g/mol. The zero-order valence-electron chi connectivity index (χ0n) is 12.3. The highest BCUT2D eigenvalue weighted by Crippen LogP contribution is 2.36. The van der Waals surface area contributed by atoms with Crippen LogP contribution in [0.25, 0.3) is 5.70 Å². The number of nitrogen functional groups attached to an aromatic ring is 1. The Morgan fingerprint density at radius 1 is 1.32 bits per heavy atom. The number of pyridine rings is 1. The van der Waals surface area contributed by atoms with Crippen molar-refractivity contribution in [1.82, 2.24) is 4.57 Å². The van der Waals surface area contributed by atoms with Crippen molar-refractivity contribution in [3.05, 3.63) is 64.1 Å². The molecule has 110 valence electrons. The molecule has 1 aromatic carbocycles. The summed E-state index contributed by atoms with van der Waals surface area (Å²) >= 11 is 0. The van der Waals surface area contributed by atoms with E-state index in [1.807, 2.05) is 19.9 Å². The number of ether oxygens (including phenoxy) is 1. The van der Waals surface area contributed by atoms with Gasteiger partial charge in [-0.15, -0.1) is 0 Å². The van der Waals surface area contributed by atoms with Crippen molar-refractivity contribution in [1.29, 1.82) is 5.26 Å². The van der Waals surface area contributed by atoms with Crippen molar-refractivity contribution >= 4 is 11.4 Å². The number of hydrogen-bond donors (Lipinski definition) is 1. The topological polar surface area (TPSA) is 81.0 Å². The van der Waals surface area contributed by atoms with E-state index in [1.165, 1.54) is 4.57 Å². The fourth-order valence-electron chi connectivity index (χ4n) is 2.51. The Labute approximate surface area is 127 Å². The second kappa shape index (κ2) is 4.78. The molecule has 0 fully saturated rings. The predicted molar refractivity (Wildman–Crippen MR) is 84.4 cm³/mol. The van der Waals surface area contributed by atoms with Crippen LogP contribution in [0.2, 0.25) is 0 Å². The Morgan fingerprint density at radius 2 is 2.09 bits per heavy atom. The van der Waals surface area contributed by atoms with E-state index in [0.717, 1.165) is 0 Å². The highest BCUT2D eigenvalue weighted by Gasteiger charge is 2.28. The van der Waals surface area contributed by atoms with Gasteiger partial charge in [-0.3, -0.25) is 9.36 Å². The molecule has 0 amide bonds. The van der Waals surface area contributed by atoms with Gasteiger partial charge < -0.3 is 10.5 Å². The number of anilines is 1. The molecular weight excluding hydrogens is 278 g/mol. The first-order valence-corrected chi connectivity index (χ1v) is 6.85. The lowest BCUT2D eigenvalue weighted by Gasteiger charge is -2.31. The highest BCUT2D eigenvalue weighted by molar-refractivity contribution is 5.75. The Balaban J connectivity index is 2.30. The summed E-state index contributed by atoms with van der Waals surface area (Å²) in [7, 11) is 0. The van der Waals surface area contributed by atoms with Crippen molar-refractivity contribution in [3.63, 3.8) is 0 Å². The van der Waals surface area contributed by atoms with E-state index in [2.05, 4.69) is 6.07 Å². The number of rotatable bonds is 1. The summed E-state index contributed by atoms with van der Waals surface area (Å²) in [4.78, 5) is 12.3. The molecule has 22 heavy (non-hydrogen) atoms. The van der Waals surface area contributed by atoms with Crippen LogP contribution in [0.5, 0.6) is 5.75 Å². The Kier molecular flexibility index (Phi) is 3.03. The second-order valence-corrected chi connectivity index (χ2v) is 5.70. The zero-order valence-corrected chi connectivity index (χ0v) is 12.3. The molecule has 0 saturated heterocycles. The molecule has 0 unspecified atom stereocenters.